The molecule has 19 heavy (non-hydrogen) atoms. The average Bonchev–Trinajstić information content (AvgIpc) is 2.48. The minimum atomic E-state index is -0.153. The molecule has 1 atom stereocenters. The summed E-state index contributed by atoms with van der Waals surface area (Å²) in [4.78, 5) is 11.3. The lowest BCUT2D eigenvalue weighted by molar-refractivity contribution is -0.117. The summed E-state index contributed by atoms with van der Waals surface area (Å²) >= 11 is 0. The number of nitrogens with one attached hydrogen (secondary N) is 1. The Morgan fingerprint density at radius 2 is 1.63 bits per heavy atom. The van der Waals surface area contributed by atoms with Crippen molar-refractivity contribution in [2.24, 2.45) is 0 Å². The van der Waals surface area contributed by atoms with Crippen molar-refractivity contribution in [1.29, 1.82) is 0 Å². The fourth-order valence-corrected chi connectivity index (χ4v) is 1.95. The number of benzene rings is 2. The molecule has 96 valence electrons. The van der Waals surface area contributed by atoms with E-state index in [1.165, 1.54) is 17.2 Å². The van der Waals surface area contributed by atoms with E-state index >= 15 is 0 Å². The lowest BCUT2D eigenvalue weighted by atomic mass is 10.0. The second-order valence-corrected chi connectivity index (χ2v) is 4.42. The minimum Gasteiger partial charge on any atom is -0.346 e. The van der Waals surface area contributed by atoms with Crippen LogP contribution in [0, 0.1) is 0 Å². The number of rotatable bonds is 4. The lowest BCUT2D eigenvalue weighted by Crippen LogP contribution is -2.24. The Bertz CT molecular complexity index is 558. The van der Waals surface area contributed by atoms with Crippen LogP contribution in [-0.2, 0) is 4.79 Å². The third-order valence-electron chi connectivity index (χ3n) is 3.06. The summed E-state index contributed by atoms with van der Waals surface area (Å²) in [5.41, 5.74) is 3.44. The third kappa shape index (κ3) is 3.32. The molecule has 1 N–H and O–H groups in total. The van der Waals surface area contributed by atoms with Gasteiger partial charge in [-0.25, -0.2) is 0 Å². The van der Waals surface area contributed by atoms with Crippen LogP contribution in [0.5, 0.6) is 0 Å². The van der Waals surface area contributed by atoms with Gasteiger partial charge in [-0.05, 0) is 29.7 Å². The largest absolute Gasteiger partial charge is 0.346 e. The molecule has 1 unspecified atom stereocenters. The van der Waals surface area contributed by atoms with Gasteiger partial charge in [-0.2, -0.15) is 0 Å². The normalized spacial score (nSPS) is 11.6. The van der Waals surface area contributed by atoms with Crippen molar-refractivity contribution in [1.82, 2.24) is 5.32 Å². The van der Waals surface area contributed by atoms with E-state index in [4.69, 9.17) is 0 Å². The summed E-state index contributed by atoms with van der Waals surface area (Å²) in [6, 6.07) is 18.4. The summed E-state index contributed by atoms with van der Waals surface area (Å²) in [5.74, 6) is -0.153. The van der Waals surface area contributed by atoms with E-state index in [0.29, 0.717) is 0 Å². The molecule has 0 saturated heterocycles. The highest BCUT2D eigenvalue weighted by molar-refractivity contribution is 5.87. The molecule has 0 aliphatic carbocycles. The van der Waals surface area contributed by atoms with Crippen molar-refractivity contribution in [2.75, 3.05) is 0 Å². The van der Waals surface area contributed by atoms with Crippen molar-refractivity contribution in [2.45, 2.75) is 13.0 Å². The first kappa shape index (κ1) is 13.1. The second kappa shape index (κ2) is 6.01. The highest BCUT2D eigenvalue weighted by Crippen LogP contribution is 2.21. The maximum absolute atomic E-state index is 11.3. The Balaban J connectivity index is 2.14. The standard InChI is InChI=1S/C17H17NO/c1-3-17(19)18-13(2)14-9-11-16(12-10-14)15-7-5-4-6-8-15/h3-13H,1H2,2H3,(H,18,19). The van der Waals surface area contributed by atoms with Gasteiger partial charge in [-0.3, -0.25) is 4.79 Å². The molecule has 2 nitrogen and oxygen atoms in total. The van der Waals surface area contributed by atoms with E-state index in [0.717, 1.165) is 5.56 Å². The fraction of sp³-hybridized carbons (Fsp3) is 0.118. The summed E-state index contributed by atoms with van der Waals surface area (Å²) < 4.78 is 0. The van der Waals surface area contributed by atoms with Crippen LogP contribution < -0.4 is 5.32 Å². The van der Waals surface area contributed by atoms with Gasteiger partial charge in [0, 0.05) is 0 Å². The predicted molar refractivity (Wildman–Crippen MR) is 78.6 cm³/mol. The molecule has 0 saturated carbocycles. The van der Waals surface area contributed by atoms with Crippen molar-refractivity contribution >= 4 is 5.91 Å². The van der Waals surface area contributed by atoms with Gasteiger partial charge >= 0.3 is 0 Å². The quantitative estimate of drug-likeness (QED) is 0.824. The molecule has 2 heteroatoms. The monoisotopic (exact) mass is 251 g/mol. The Hall–Kier alpha value is -2.35. The molecular weight excluding hydrogens is 234 g/mol. The molecule has 2 aromatic rings. The molecule has 1 amide bonds. The maximum Gasteiger partial charge on any atom is 0.243 e. The first-order valence-corrected chi connectivity index (χ1v) is 6.29. The smallest absolute Gasteiger partial charge is 0.243 e. The Labute approximate surface area is 113 Å². The zero-order valence-corrected chi connectivity index (χ0v) is 11.0. The van der Waals surface area contributed by atoms with E-state index in [2.05, 4.69) is 36.2 Å². The van der Waals surface area contributed by atoms with Gasteiger partial charge in [-0.15, -0.1) is 0 Å². The van der Waals surface area contributed by atoms with Crippen LogP contribution in [0.1, 0.15) is 18.5 Å². The molecule has 2 aromatic carbocycles. The molecule has 0 spiro atoms. The fourth-order valence-electron chi connectivity index (χ4n) is 1.95. The molecule has 0 radical (unpaired) electrons. The van der Waals surface area contributed by atoms with Crippen LogP contribution in [0.4, 0.5) is 0 Å². The average molecular weight is 251 g/mol. The van der Waals surface area contributed by atoms with E-state index in [-0.39, 0.29) is 11.9 Å². The van der Waals surface area contributed by atoms with Crippen LogP contribution in [0.3, 0.4) is 0 Å². The minimum absolute atomic E-state index is 0.0182. The predicted octanol–water partition coefficient (Wildman–Crippen LogP) is 3.72. The SMILES string of the molecule is C=CC(=O)NC(C)c1ccc(-c2ccccc2)cc1. The Morgan fingerprint density at radius 1 is 1.05 bits per heavy atom. The van der Waals surface area contributed by atoms with Gasteiger partial charge in [0.15, 0.2) is 0 Å². The Morgan fingerprint density at radius 3 is 2.21 bits per heavy atom. The number of amides is 1. The van der Waals surface area contributed by atoms with Crippen molar-refractivity contribution in [3.63, 3.8) is 0 Å². The number of carbonyl (C=O) groups excluding carboxylic acids is 1. The number of carbonyl (C=O) groups is 1. The van der Waals surface area contributed by atoms with Gasteiger partial charge in [0.1, 0.15) is 0 Å². The summed E-state index contributed by atoms with van der Waals surface area (Å²) in [6.45, 7) is 5.41. The zero-order chi connectivity index (χ0) is 13.7. The number of hydrogen-bond donors (Lipinski definition) is 1. The molecule has 0 fully saturated rings. The maximum atomic E-state index is 11.3. The van der Waals surface area contributed by atoms with Crippen LogP contribution in [0.15, 0.2) is 67.3 Å². The van der Waals surface area contributed by atoms with Gasteiger partial charge < -0.3 is 5.32 Å². The van der Waals surface area contributed by atoms with Crippen molar-refractivity contribution in [3.05, 3.63) is 72.8 Å². The highest BCUT2D eigenvalue weighted by Gasteiger charge is 2.07. The summed E-state index contributed by atoms with van der Waals surface area (Å²) in [6.07, 6.45) is 1.29. The zero-order valence-electron chi connectivity index (χ0n) is 11.0. The first-order chi connectivity index (χ1) is 9.20. The van der Waals surface area contributed by atoms with Crippen LogP contribution in [0.25, 0.3) is 11.1 Å². The molecular formula is C17H17NO. The molecule has 2 rings (SSSR count). The highest BCUT2D eigenvalue weighted by atomic mass is 16.1. The molecule has 0 aromatic heterocycles. The molecule has 0 aliphatic rings. The van der Waals surface area contributed by atoms with E-state index in [1.807, 2.05) is 37.3 Å². The number of hydrogen-bond acceptors (Lipinski definition) is 1. The first-order valence-electron chi connectivity index (χ1n) is 6.29. The van der Waals surface area contributed by atoms with Gasteiger partial charge in [0.05, 0.1) is 6.04 Å². The second-order valence-electron chi connectivity index (χ2n) is 4.42. The van der Waals surface area contributed by atoms with Gasteiger partial charge in [0.2, 0.25) is 5.91 Å². The Kier molecular flexibility index (Phi) is 4.14. The van der Waals surface area contributed by atoms with Gasteiger partial charge in [-0.1, -0.05) is 61.2 Å². The lowest BCUT2D eigenvalue weighted by Gasteiger charge is -2.13. The van der Waals surface area contributed by atoms with Crippen LogP contribution in [0.2, 0.25) is 0 Å². The molecule has 0 aliphatic heterocycles. The van der Waals surface area contributed by atoms with E-state index < -0.39 is 0 Å². The van der Waals surface area contributed by atoms with Gasteiger partial charge in [0.25, 0.3) is 0 Å². The molecule has 0 bridgehead atoms. The summed E-state index contributed by atoms with van der Waals surface area (Å²) in [7, 11) is 0. The topological polar surface area (TPSA) is 29.1 Å². The van der Waals surface area contributed by atoms with Crippen LogP contribution in [-0.4, -0.2) is 5.91 Å². The van der Waals surface area contributed by atoms with Crippen molar-refractivity contribution < 1.29 is 4.79 Å². The van der Waals surface area contributed by atoms with E-state index in [9.17, 15) is 4.79 Å². The van der Waals surface area contributed by atoms with Crippen LogP contribution >= 0.6 is 0 Å². The summed E-state index contributed by atoms with van der Waals surface area (Å²) in [5, 5.41) is 2.85. The third-order valence-corrected chi connectivity index (χ3v) is 3.06. The van der Waals surface area contributed by atoms with E-state index in [1.54, 1.807) is 0 Å². The van der Waals surface area contributed by atoms with Crippen molar-refractivity contribution in [3.8, 4) is 11.1 Å². The molecule has 0 heterocycles.